The predicted molar refractivity (Wildman–Crippen MR) is 58.1 cm³/mol. The number of alkyl halides is 1. The summed E-state index contributed by atoms with van der Waals surface area (Å²) in [6.07, 6.45) is 4.29. The SMILES string of the molecule is O=C(CCl)NCCNC(=O)c1cnccn1. The number of nitrogens with zero attached hydrogens (tertiary/aromatic N) is 2. The van der Waals surface area contributed by atoms with Crippen molar-refractivity contribution in [3.63, 3.8) is 0 Å². The van der Waals surface area contributed by atoms with Crippen LogP contribution in [0.1, 0.15) is 10.5 Å². The lowest BCUT2D eigenvalue weighted by molar-refractivity contribution is -0.118. The fourth-order valence-electron chi connectivity index (χ4n) is 0.932. The highest BCUT2D eigenvalue weighted by atomic mass is 35.5. The minimum absolute atomic E-state index is 0.0852. The molecule has 86 valence electrons. The van der Waals surface area contributed by atoms with Gasteiger partial charge in [-0.1, -0.05) is 0 Å². The Hall–Kier alpha value is -1.69. The summed E-state index contributed by atoms with van der Waals surface area (Å²) in [5.41, 5.74) is 0.242. The molecule has 0 aromatic carbocycles. The van der Waals surface area contributed by atoms with Gasteiger partial charge in [-0.05, 0) is 0 Å². The third kappa shape index (κ3) is 4.22. The zero-order valence-corrected chi connectivity index (χ0v) is 9.20. The molecule has 0 atom stereocenters. The van der Waals surface area contributed by atoms with Crippen LogP contribution in [-0.4, -0.2) is 40.8 Å². The van der Waals surface area contributed by atoms with Crippen LogP contribution in [-0.2, 0) is 4.79 Å². The van der Waals surface area contributed by atoms with Gasteiger partial charge in [0.1, 0.15) is 11.6 Å². The van der Waals surface area contributed by atoms with Crippen LogP contribution in [0.25, 0.3) is 0 Å². The molecule has 1 aromatic heterocycles. The Morgan fingerprint density at radius 1 is 1.25 bits per heavy atom. The quantitative estimate of drug-likeness (QED) is 0.542. The van der Waals surface area contributed by atoms with Crippen molar-refractivity contribution in [3.05, 3.63) is 24.3 Å². The van der Waals surface area contributed by atoms with Crippen molar-refractivity contribution in [1.82, 2.24) is 20.6 Å². The summed E-state index contributed by atoms with van der Waals surface area (Å²) in [6, 6.07) is 0. The number of aromatic nitrogens is 2. The minimum atomic E-state index is -0.326. The molecule has 0 radical (unpaired) electrons. The van der Waals surface area contributed by atoms with Crippen LogP contribution < -0.4 is 10.6 Å². The first kappa shape index (κ1) is 12.4. The first-order chi connectivity index (χ1) is 7.74. The van der Waals surface area contributed by atoms with Gasteiger partial charge >= 0.3 is 0 Å². The molecule has 16 heavy (non-hydrogen) atoms. The van der Waals surface area contributed by atoms with Gasteiger partial charge in [0.25, 0.3) is 5.91 Å². The lowest BCUT2D eigenvalue weighted by Gasteiger charge is -2.04. The molecule has 0 unspecified atom stereocenters. The first-order valence-corrected chi connectivity index (χ1v) is 5.14. The molecule has 0 aliphatic rings. The van der Waals surface area contributed by atoms with Crippen molar-refractivity contribution >= 4 is 23.4 Å². The van der Waals surface area contributed by atoms with Crippen LogP contribution >= 0.6 is 11.6 Å². The zero-order valence-electron chi connectivity index (χ0n) is 8.44. The van der Waals surface area contributed by atoms with Crippen molar-refractivity contribution in [2.24, 2.45) is 0 Å². The Labute approximate surface area is 97.4 Å². The molecule has 2 amide bonds. The molecular formula is C9H11ClN4O2. The molecule has 0 saturated heterocycles. The van der Waals surface area contributed by atoms with Crippen LogP contribution in [0, 0.1) is 0 Å². The first-order valence-electron chi connectivity index (χ1n) is 4.61. The van der Waals surface area contributed by atoms with E-state index in [4.69, 9.17) is 11.6 Å². The smallest absolute Gasteiger partial charge is 0.271 e. The summed E-state index contributed by atoms with van der Waals surface area (Å²) in [5, 5.41) is 5.10. The van der Waals surface area contributed by atoms with Gasteiger partial charge in [-0.15, -0.1) is 11.6 Å². The van der Waals surface area contributed by atoms with E-state index >= 15 is 0 Å². The van der Waals surface area contributed by atoms with Crippen molar-refractivity contribution in [2.45, 2.75) is 0 Å². The molecule has 1 rings (SSSR count). The van der Waals surface area contributed by atoms with E-state index in [2.05, 4.69) is 20.6 Å². The van der Waals surface area contributed by atoms with E-state index in [-0.39, 0.29) is 23.4 Å². The van der Waals surface area contributed by atoms with Crippen molar-refractivity contribution < 1.29 is 9.59 Å². The summed E-state index contributed by atoms with van der Waals surface area (Å²) in [7, 11) is 0. The molecule has 0 bridgehead atoms. The maximum Gasteiger partial charge on any atom is 0.271 e. The third-order valence-electron chi connectivity index (χ3n) is 1.65. The molecule has 7 heteroatoms. The van der Waals surface area contributed by atoms with Crippen LogP contribution in [0.2, 0.25) is 0 Å². The fourth-order valence-corrected chi connectivity index (χ4v) is 1.03. The van der Waals surface area contributed by atoms with Gasteiger partial charge in [0.2, 0.25) is 5.91 Å². The molecule has 0 aliphatic heterocycles. The van der Waals surface area contributed by atoms with E-state index in [1.165, 1.54) is 18.6 Å². The Morgan fingerprint density at radius 2 is 2.00 bits per heavy atom. The Balaban J connectivity index is 2.24. The number of halogens is 1. The molecule has 0 spiro atoms. The summed E-state index contributed by atoms with van der Waals surface area (Å²) >= 11 is 5.27. The van der Waals surface area contributed by atoms with E-state index in [1.54, 1.807) is 0 Å². The van der Waals surface area contributed by atoms with E-state index in [1.807, 2.05) is 0 Å². The van der Waals surface area contributed by atoms with Crippen LogP contribution in [0.3, 0.4) is 0 Å². The van der Waals surface area contributed by atoms with Gasteiger partial charge in [0.15, 0.2) is 0 Å². The zero-order chi connectivity index (χ0) is 11.8. The molecule has 6 nitrogen and oxygen atoms in total. The fraction of sp³-hybridized carbons (Fsp3) is 0.333. The van der Waals surface area contributed by atoms with Crippen molar-refractivity contribution in [3.8, 4) is 0 Å². The van der Waals surface area contributed by atoms with E-state index in [9.17, 15) is 9.59 Å². The van der Waals surface area contributed by atoms with Crippen molar-refractivity contribution in [1.29, 1.82) is 0 Å². The second-order valence-electron chi connectivity index (χ2n) is 2.83. The maximum absolute atomic E-state index is 11.4. The van der Waals surface area contributed by atoms with Gasteiger partial charge in [0.05, 0.1) is 6.20 Å². The number of hydrogen-bond donors (Lipinski definition) is 2. The van der Waals surface area contributed by atoms with Gasteiger partial charge < -0.3 is 10.6 Å². The highest BCUT2D eigenvalue weighted by Gasteiger charge is 2.05. The summed E-state index contributed by atoms with van der Waals surface area (Å²) < 4.78 is 0. The minimum Gasteiger partial charge on any atom is -0.353 e. The monoisotopic (exact) mass is 242 g/mol. The second kappa shape index (κ2) is 6.73. The van der Waals surface area contributed by atoms with Crippen molar-refractivity contribution in [2.75, 3.05) is 19.0 Å². The number of nitrogens with one attached hydrogen (secondary N) is 2. The van der Waals surface area contributed by atoms with E-state index < -0.39 is 0 Å². The third-order valence-corrected chi connectivity index (χ3v) is 1.89. The molecule has 0 aliphatic carbocycles. The Bertz CT molecular complexity index is 358. The Kier molecular flexibility index (Phi) is 5.21. The van der Waals surface area contributed by atoms with Crippen LogP contribution in [0.15, 0.2) is 18.6 Å². The average Bonchev–Trinajstić information content (AvgIpc) is 2.35. The highest BCUT2D eigenvalue weighted by Crippen LogP contribution is 1.88. The van der Waals surface area contributed by atoms with Gasteiger partial charge in [-0.3, -0.25) is 14.6 Å². The molecule has 0 fully saturated rings. The van der Waals surface area contributed by atoms with E-state index in [0.29, 0.717) is 13.1 Å². The van der Waals surface area contributed by atoms with Crippen LogP contribution in [0.4, 0.5) is 0 Å². The highest BCUT2D eigenvalue weighted by molar-refractivity contribution is 6.27. The normalized spacial score (nSPS) is 9.56. The lowest BCUT2D eigenvalue weighted by Crippen LogP contribution is -2.35. The molecule has 1 aromatic rings. The number of amides is 2. The van der Waals surface area contributed by atoms with Gasteiger partial charge in [-0.25, -0.2) is 4.98 Å². The largest absolute Gasteiger partial charge is 0.353 e. The number of carbonyl (C=O) groups excluding carboxylic acids is 2. The van der Waals surface area contributed by atoms with Gasteiger partial charge in [-0.2, -0.15) is 0 Å². The standard InChI is InChI=1S/C9H11ClN4O2/c10-5-8(15)13-3-4-14-9(16)7-6-11-1-2-12-7/h1-2,6H,3-5H2,(H,13,15)(H,14,16). The molecule has 2 N–H and O–H groups in total. The molecular weight excluding hydrogens is 232 g/mol. The Morgan fingerprint density at radius 3 is 2.62 bits per heavy atom. The molecule has 0 saturated carbocycles. The van der Waals surface area contributed by atoms with Crippen LogP contribution in [0.5, 0.6) is 0 Å². The predicted octanol–water partition coefficient (Wildman–Crippen LogP) is -0.439. The topological polar surface area (TPSA) is 84.0 Å². The average molecular weight is 243 g/mol. The molecule has 1 heterocycles. The number of rotatable bonds is 5. The number of carbonyl (C=O) groups is 2. The van der Waals surface area contributed by atoms with Gasteiger partial charge in [0, 0.05) is 25.5 Å². The van der Waals surface area contributed by atoms with E-state index in [0.717, 1.165) is 0 Å². The lowest BCUT2D eigenvalue weighted by atomic mass is 10.4. The maximum atomic E-state index is 11.4. The second-order valence-corrected chi connectivity index (χ2v) is 3.10. The summed E-state index contributed by atoms with van der Waals surface area (Å²) in [5.74, 6) is -0.679. The number of hydrogen-bond acceptors (Lipinski definition) is 4. The summed E-state index contributed by atoms with van der Waals surface area (Å²) in [4.78, 5) is 29.7. The summed E-state index contributed by atoms with van der Waals surface area (Å²) in [6.45, 7) is 0.648.